The predicted octanol–water partition coefficient (Wildman–Crippen LogP) is 0.642. The molecule has 2 amide bonds. The summed E-state index contributed by atoms with van der Waals surface area (Å²) in [6, 6.07) is 9.03. The maximum atomic E-state index is 13.2. The molecule has 0 radical (unpaired) electrons. The molecule has 7 nitrogen and oxygen atoms in total. The van der Waals surface area contributed by atoms with Crippen molar-refractivity contribution in [1.82, 2.24) is 14.8 Å². The summed E-state index contributed by atoms with van der Waals surface area (Å²) in [5, 5.41) is 14.1. The highest BCUT2D eigenvalue weighted by Gasteiger charge is 2.50. The first-order valence-electron chi connectivity index (χ1n) is 9.28. The van der Waals surface area contributed by atoms with Crippen molar-refractivity contribution in [3.63, 3.8) is 0 Å². The fourth-order valence-electron chi connectivity index (χ4n) is 4.36. The highest BCUT2D eigenvalue weighted by atomic mass is 16.3. The van der Waals surface area contributed by atoms with Crippen LogP contribution in [0, 0.1) is 5.41 Å². The van der Waals surface area contributed by atoms with E-state index in [1.165, 1.54) is 4.57 Å². The SMILES string of the molecule is Cn1c(=O)c(C(=O)N2CC[C@H](O)[C@@]3(CCCNC3=O)C2)cc2ccccc21. The standard InChI is InChI=1S/C20H23N3O4/c1-22-15-6-3-2-5-13(15)11-14(17(22)25)18(26)23-10-7-16(24)20(12-23)8-4-9-21-19(20)27/h2-3,5-6,11,16,24H,4,7-10,12H2,1H3,(H,21,27)/t16-,20+/m0/s1. The van der Waals surface area contributed by atoms with Crippen molar-refractivity contribution in [3.8, 4) is 0 Å². The molecule has 2 saturated heterocycles. The van der Waals surface area contributed by atoms with Gasteiger partial charge in [-0.1, -0.05) is 18.2 Å². The second-order valence-electron chi connectivity index (χ2n) is 7.53. The molecule has 1 spiro atoms. The molecule has 142 valence electrons. The number of rotatable bonds is 1. The van der Waals surface area contributed by atoms with Crippen molar-refractivity contribution in [2.24, 2.45) is 12.5 Å². The molecular formula is C20H23N3O4. The Bertz CT molecular complexity index is 983. The van der Waals surface area contributed by atoms with Crippen LogP contribution in [0.2, 0.25) is 0 Å². The lowest BCUT2D eigenvalue weighted by Crippen LogP contribution is -2.62. The summed E-state index contributed by atoms with van der Waals surface area (Å²) in [6.07, 6.45) is 0.857. The first-order valence-corrected chi connectivity index (χ1v) is 9.28. The number of fused-ring (bicyclic) bond motifs is 1. The van der Waals surface area contributed by atoms with Crippen LogP contribution in [0.25, 0.3) is 10.9 Å². The molecule has 1 aromatic carbocycles. The third-order valence-electron chi connectivity index (χ3n) is 5.97. The minimum atomic E-state index is -0.978. The van der Waals surface area contributed by atoms with Crippen molar-refractivity contribution in [1.29, 1.82) is 0 Å². The fraction of sp³-hybridized carbons (Fsp3) is 0.450. The average molecular weight is 369 g/mol. The van der Waals surface area contributed by atoms with Crippen molar-refractivity contribution in [3.05, 3.63) is 46.2 Å². The van der Waals surface area contributed by atoms with Gasteiger partial charge in [0.1, 0.15) is 5.56 Å². The second kappa shape index (κ2) is 6.49. The van der Waals surface area contributed by atoms with Crippen LogP contribution >= 0.6 is 0 Å². The lowest BCUT2D eigenvalue weighted by atomic mass is 9.71. The number of nitrogens with zero attached hydrogens (tertiary/aromatic N) is 2. The zero-order chi connectivity index (χ0) is 19.2. The molecule has 0 bridgehead atoms. The van der Waals surface area contributed by atoms with Crippen LogP contribution in [0.3, 0.4) is 0 Å². The molecule has 0 aliphatic carbocycles. The number of aryl methyl sites for hydroxylation is 1. The van der Waals surface area contributed by atoms with Crippen molar-refractivity contribution >= 4 is 22.7 Å². The van der Waals surface area contributed by atoms with Crippen molar-refractivity contribution < 1.29 is 14.7 Å². The largest absolute Gasteiger partial charge is 0.392 e. The Kier molecular flexibility index (Phi) is 4.26. The molecule has 0 saturated carbocycles. The maximum absolute atomic E-state index is 13.2. The molecule has 2 aliphatic rings. The van der Waals surface area contributed by atoms with Crippen LogP contribution in [-0.2, 0) is 11.8 Å². The molecule has 2 fully saturated rings. The summed E-state index contributed by atoms with van der Waals surface area (Å²) in [7, 11) is 1.65. The molecule has 4 rings (SSSR count). The quantitative estimate of drug-likeness (QED) is 0.772. The Morgan fingerprint density at radius 1 is 1.30 bits per heavy atom. The molecular weight excluding hydrogens is 346 g/mol. The number of likely N-dealkylation sites (tertiary alicyclic amines) is 1. The highest BCUT2D eigenvalue weighted by molar-refractivity contribution is 5.98. The average Bonchev–Trinajstić information content (AvgIpc) is 2.68. The Morgan fingerprint density at radius 3 is 2.85 bits per heavy atom. The lowest BCUT2D eigenvalue weighted by Gasteiger charge is -2.46. The summed E-state index contributed by atoms with van der Waals surface area (Å²) in [4.78, 5) is 40.0. The third kappa shape index (κ3) is 2.73. The van der Waals surface area contributed by atoms with Gasteiger partial charge in [-0.15, -0.1) is 0 Å². The minimum Gasteiger partial charge on any atom is -0.392 e. The molecule has 2 aliphatic heterocycles. The van der Waals surface area contributed by atoms with Gasteiger partial charge in [-0.3, -0.25) is 14.4 Å². The lowest BCUT2D eigenvalue weighted by molar-refractivity contribution is -0.147. The van der Waals surface area contributed by atoms with E-state index in [1.54, 1.807) is 18.0 Å². The van der Waals surface area contributed by atoms with Crippen molar-refractivity contribution in [2.45, 2.75) is 25.4 Å². The van der Waals surface area contributed by atoms with E-state index in [2.05, 4.69) is 5.32 Å². The van der Waals surface area contributed by atoms with E-state index in [0.717, 1.165) is 17.3 Å². The minimum absolute atomic E-state index is 0.0963. The van der Waals surface area contributed by atoms with E-state index in [-0.39, 0.29) is 29.5 Å². The first-order chi connectivity index (χ1) is 12.9. The van der Waals surface area contributed by atoms with E-state index in [9.17, 15) is 19.5 Å². The smallest absolute Gasteiger partial charge is 0.263 e. The van der Waals surface area contributed by atoms with Crippen LogP contribution in [0.5, 0.6) is 0 Å². The fourth-order valence-corrected chi connectivity index (χ4v) is 4.36. The van der Waals surface area contributed by atoms with E-state index in [0.29, 0.717) is 25.9 Å². The van der Waals surface area contributed by atoms with Gasteiger partial charge in [0, 0.05) is 26.7 Å². The number of carbonyl (C=O) groups is 2. The topological polar surface area (TPSA) is 91.6 Å². The summed E-state index contributed by atoms with van der Waals surface area (Å²) in [5.41, 5.74) is -0.476. The van der Waals surface area contributed by atoms with Gasteiger partial charge in [-0.25, -0.2) is 0 Å². The second-order valence-corrected chi connectivity index (χ2v) is 7.53. The van der Waals surface area contributed by atoms with Crippen LogP contribution in [-0.4, -0.2) is 52.1 Å². The maximum Gasteiger partial charge on any atom is 0.263 e. The van der Waals surface area contributed by atoms with Crippen LogP contribution in [0.15, 0.2) is 35.1 Å². The number of para-hydroxylation sites is 1. The zero-order valence-corrected chi connectivity index (χ0v) is 15.3. The molecule has 2 aromatic rings. The molecule has 27 heavy (non-hydrogen) atoms. The molecule has 2 N–H and O–H groups in total. The number of aromatic nitrogens is 1. The Labute approximate surface area is 156 Å². The number of pyridine rings is 1. The normalized spacial score (nSPS) is 25.6. The molecule has 1 aromatic heterocycles. The van der Waals surface area contributed by atoms with Gasteiger partial charge in [0.15, 0.2) is 0 Å². The number of hydrogen-bond donors (Lipinski definition) is 2. The number of benzene rings is 1. The van der Waals surface area contributed by atoms with Gasteiger partial charge < -0.3 is 19.9 Å². The first kappa shape index (κ1) is 17.7. The molecule has 3 heterocycles. The Balaban J connectivity index is 1.71. The summed E-state index contributed by atoms with van der Waals surface area (Å²) >= 11 is 0. The van der Waals surface area contributed by atoms with E-state index in [1.807, 2.05) is 24.3 Å². The van der Waals surface area contributed by atoms with Crippen LogP contribution < -0.4 is 10.9 Å². The van der Waals surface area contributed by atoms with Crippen molar-refractivity contribution in [2.75, 3.05) is 19.6 Å². The van der Waals surface area contributed by atoms with Gasteiger partial charge in [-0.05, 0) is 36.8 Å². The molecule has 0 unspecified atom stereocenters. The number of nitrogens with one attached hydrogen (secondary N) is 1. The van der Waals surface area contributed by atoms with E-state index in [4.69, 9.17) is 0 Å². The zero-order valence-electron chi connectivity index (χ0n) is 15.3. The van der Waals surface area contributed by atoms with Gasteiger partial charge in [0.05, 0.1) is 17.0 Å². The number of aliphatic hydroxyl groups excluding tert-OH is 1. The molecule has 2 atom stereocenters. The van der Waals surface area contributed by atoms with E-state index < -0.39 is 11.5 Å². The molecule has 7 heteroatoms. The number of carbonyl (C=O) groups excluding carboxylic acids is 2. The van der Waals surface area contributed by atoms with Crippen LogP contribution in [0.4, 0.5) is 0 Å². The third-order valence-corrected chi connectivity index (χ3v) is 5.97. The Hall–Kier alpha value is -2.67. The number of piperidine rings is 2. The predicted molar refractivity (Wildman–Crippen MR) is 100 cm³/mol. The number of hydrogen-bond acceptors (Lipinski definition) is 4. The van der Waals surface area contributed by atoms with Gasteiger partial charge in [-0.2, -0.15) is 0 Å². The Morgan fingerprint density at radius 2 is 2.07 bits per heavy atom. The van der Waals surface area contributed by atoms with Gasteiger partial charge >= 0.3 is 0 Å². The summed E-state index contributed by atoms with van der Waals surface area (Å²) in [6.45, 7) is 1.05. The van der Waals surface area contributed by atoms with Crippen LogP contribution in [0.1, 0.15) is 29.6 Å². The van der Waals surface area contributed by atoms with Gasteiger partial charge in [0.2, 0.25) is 5.91 Å². The summed E-state index contributed by atoms with van der Waals surface area (Å²) in [5.74, 6) is -0.587. The monoisotopic (exact) mass is 369 g/mol. The summed E-state index contributed by atoms with van der Waals surface area (Å²) < 4.78 is 1.48. The van der Waals surface area contributed by atoms with E-state index >= 15 is 0 Å². The number of amides is 2. The number of aliphatic hydroxyl groups is 1. The van der Waals surface area contributed by atoms with Gasteiger partial charge in [0.25, 0.3) is 11.5 Å². The highest BCUT2D eigenvalue weighted by Crippen LogP contribution is 2.37.